The SMILES string of the molecule is Cc1nn(C)c(C)c1CNC(=O)c1nn2c(c1Br)N[C@H](c1ccc(Br)o1)C[C@H]2C(F)(F)F. The second-order valence-electron chi connectivity index (χ2n) is 7.54. The number of halogens is 5. The molecular weight excluding hydrogens is 561 g/mol. The summed E-state index contributed by atoms with van der Waals surface area (Å²) in [4.78, 5) is 12.8. The predicted octanol–water partition coefficient (Wildman–Crippen LogP) is 4.94. The van der Waals surface area contributed by atoms with E-state index in [1.54, 1.807) is 23.9 Å². The highest BCUT2D eigenvalue weighted by Gasteiger charge is 2.48. The normalized spacial score (nSPS) is 18.4. The highest BCUT2D eigenvalue weighted by molar-refractivity contribution is 9.10. The first-order valence-corrected chi connectivity index (χ1v) is 11.2. The van der Waals surface area contributed by atoms with Crippen molar-refractivity contribution in [3.05, 3.63) is 49.7 Å². The molecular formula is C19H19Br2F3N6O2. The summed E-state index contributed by atoms with van der Waals surface area (Å²) in [5.74, 6) is -0.185. The molecule has 2 atom stereocenters. The van der Waals surface area contributed by atoms with Crippen LogP contribution in [0.2, 0.25) is 0 Å². The molecule has 0 unspecified atom stereocenters. The van der Waals surface area contributed by atoms with Gasteiger partial charge in [-0.25, -0.2) is 4.68 Å². The summed E-state index contributed by atoms with van der Waals surface area (Å²) in [6.45, 7) is 3.88. The average molecular weight is 580 g/mol. The van der Waals surface area contributed by atoms with Crippen molar-refractivity contribution in [3.63, 3.8) is 0 Å². The number of carbonyl (C=O) groups excluding carboxylic acids is 1. The molecule has 8 nitrogen and oxygen atoms in total. The fourth-order valence-electron chi connectivity index (χ4n) is 3.76. The summed E-state index contributed by atoms with van der Waals surface area (Å²) in [5.41, 5.74) is 2.36. The zero-order valence-electron chi connectivity index (χ0n) is 17.2. The molecule has 1 aliphatic rings. The van der Waals surface area contributed by atoms with E-state index in [2.05, 4.69) is 52.7 Å². The standard InChI is InChI=1S/C19H19Br2F3N6O2/c1-8-10(9(2)29(3)27-8)7-25-18(31)16-15(21)17-26-11(12-4-5-14(20)32-12)6-13(19(22,23)24)30(17)28-16/h4-5,11,13,26H,6-7H2,1-3H3,(H,25,31)/t11-,13-/m0/s1. The first-order valence-electron chi connectivity index (χ1n) is 9.61. The molecule has 1 aliphatic heterocycles. The molecule has 3 aromatic heterocycles. The number of hydrogen-bond donors (Lipinski definition) is 2. The minimum Gasteiger partial charge on any atom is -0.452 e. The van der Waals surface area contributed by atoms with Crippen LogP contribution in [0.1, 0.15) is 51.7 Å². The number of rotatable bonds is 4. The molecule has 0 fully saturated rings. The molecule has 4 heterocycles. The van der Waals surface area contributed by atoms with E-state index < -0.39 is 24.2 Å². The van der Waals surface area contributed by atoms with E-state index in [1.807, 2.05) is 13.8 Å². The predicted molar refractivity (Wildman–Crippen MR) is 116 cm³/mol. The topological polar surface area (TPSA) is 89.9 Å². The van der Waals surface area contributed by atoms with E-state index in [1.165, 1.54) is 0 Å². The zero-order valence-corrected chi connectivity index (χ0v) is 20.4. The first kappa shape index (κ1) is 22.9. The molecule has 32 heavy (non-hydrogen) atoms. The number of amides is 1. The summed E-state index contributed by atoms with van der Waals surface area (Å²) in [5, 5.41) is 14.0. The Morgan fingerprint density at radius 2 is 2.03 bits per heavy atom. The lowest BCUT2D eigenvalue weighted by molar-refractivity contribution is -0.174. The lowest BCUT2D eigenvalue weighted by atomic mass is 10.0. The molecule has 0 bridgehead atoms. The Bertz CT molecular complexity index is 1180. The number of carbonyl (C=O) groups is 1. The number of furan rings is 1. The van der Waals surface area contributed by atoms with Crippen LogP contribution in [0.3, 0.4) is 0 Å². The van der Waals surface area contributed by atoms with E-state index in [0.29, 0.717) is 10.4 Å². The molecule has 0 radical (unpaired) electrons. The number of fused-ring (bicyclic) bond motifs is 1. The van der Waals surface area contributed by atoms with Crippen molar-refractivity contribution in [1.82, 2.24) is 24.9 Å². The summed E-state index contributed by atoms with van der Waals surface area (Å²) in [6.07, 6.45) is -4.90. The van der Waals surface area contributed by atoms with Crippen LogP contribution >= 0.6 is 31.9 Å². The van der Waals surface area contributed by atoms with E-state index in [4.69, 9.17) is 4.42 Å². The van der Waals surface area contributed by atoms with Gasteiger partial charge in [-0.3, -0.25) is 9.48 Å². The van der Waals surface area contributed by atoms with Crippen LogP contribution < -0.4 is 10.6 Å². The van der Waals surface area contributed by atoms with Crippen molar-refractivity contribution in [2.45, 2.75) is 45.1 Å². The lowest BCUT2D eigenvalue weighted by Crippen LogP contribution is -2.35. The van der Waals surface area contributed by atoms with Crippen LogP contribution in [-0.2, 0) is 13.6 Å². The van der Waals surface area contributed by atoms with Gasteiger partial charge in [-0.1, -0.05) is 0 Å². The molecule has 0 saturated carbocycles. The minimum atomic E-state index is -4.57. The molecule has 172 valence electrons. The number of aryl methyl sites for hydroxylation is 2. The summed E-state index contributed by atoms with van der Waals surface area (Å²) >= 11 is 6.43. The van der Waals surface area contributed by atoms with E-state index >= 15 is 0 Å². The highest BCUT2D eigenvalue weighted by atomic mass is 79.9. The highest BCUT2D eigenvalue weighted by Crippen LogP contribution is 2.46. The second-order valence-corrected chi connectivity index (χ2v) is 9.12. The number of aromatic nitrogens is 4. The van der Waals surface area contributed by atoms with Crippen LogP contribution in [0.25, 0.3) is 0 Å². The molecule has 1 amide bonds. The Morgan fingerprint density at radius 3 is 2.59 bits per heavy atom. The maximum Gasteiger partial charge on any atom is 0.410 e. The van der Waals surface area contributed by atoms with Crippen molar-refractivity contribution < 1.29 is 22.4 Å². The van der Waals surface area contributed by atoms with Crippen LogP contribution in [0.4, 0.5) is 19.0 Å². The summed E-state index contributed by atoms with van der Waals surface area (Å²) in [6, 6.07) is 0.543. The van der Waals surface area contributed by atoms with Gasteiger partial charge in [0.05, 0.1) is 16.2 Å². The van der Waals surface area contributed by atoms with Gasteiger partial charge in [-0.15, -0.1) is 0 Å². The van der Waals surface area contributed by atoms with Crippen LogP contribution in [0.15, 0.2) is 25.7 Å². The maximum absolute atomic E-state index is 13.9. The monoisotopic (exact) mass is 578 g/mol. The third-order valence-corrected chi connectivity index (χ3v) is 6.71. The molecule has 13 heteroatoms. The fourth-order valence-corrected chi connectivity index (χ4v) is 4.64. The Kier molecular flexibility index (Phi) is 5.90. The third-order valence-electron chi connectivity index (χ3n) is 5.53. The van der Waals surface area contributed by atoms with E-state index in [-0.39, 0.29) is 29.0 Å². The van der Waals surface area contributed by atoms with Crippen molar-refractivity contribution >= 4 is 43.6 Å². The molecule has 0 aliphatic carbocycles. The van der Waals surface area contributed by atoms with Gasteiger partial charge < -0.3 is 15.1 Å². The molecule has 0 spiro atoms. The minimum absolute atomic E-state index is 0.0648. The van der Waals surface area contributed by atoms with Crippen LogP contribution in [0.5, 0.6) is 0 Å². The third kappa shape index (κ3) is 4.07. The van der Waals surface area contributed by atoms with Crippen molar-refractivity contribution in [2.24, 2.45) is 7.05 Å². The van der Waals surface area contributed by atoms with Gasteiger partial charge in [0.2, 0.25) is 0 Å². The zero-order chi connectivity index (χ0) is 23.4. The molecule has 3 aromatic rings. The molecule has 0 saturated heterocycles. The van der Waals surface area contributed by atoms with Gasteiger partial charge in [0.1, 0.15) is 11.6 Å². The quantitative estimate of drug-likeness (QED) is 0.457. The van der Waals surface area contributed by atoms with Crippen LogP contribution in [-0.4, -0.2) is 31.6 Å². The molecule has 4 rings (SSSR count). The van der Waals surface area contributed by atoms with Gasteiger partial charge in [0.25, 0.3) is 5.91 Å². The van der Waals surface area contributed by atoms with Gasteiger partial charge in [-0.05, 0) is 57.8 Å². The average Bonchev–Trinajstić information content (AvgIpc) is 3.36. The van der Waals surface area contributed by atoms with Crippen LogP contribution in [0, 0.1) is 13.8 Å². The van der Waals surface area contributed by atoms with Crippen molar-refractivity contribution in [3.8, 4) is 0 Å². The van der Waals surface area contributed by atoms with E-state index in [9.17, 15) is 18.0 Å². The van der Waals surface area contributed by atoms with E-state index in [0.717, 1.165) is 21.6 Å². The van der Waals surface area contributed by atoms with Gasteiger partial charge >= 0.3 is 6.18 Å². The van der Waals surface area contributed by atoms with Gasteiger partial charge in [-0.2, -0.15) is 23.4 Å². The molecule has 2 N–H and O–H groups in total. The maximum atomic E-state index is 13.9. The largest absolute Gasteiger partial charge is 0.452 e. The van der Waals surface area contributed by atoms with Gasteiger partial charge in [0, 0.05) is 31.3 Å². The Balaban J connectivity index is 1.64. The summed E-state index contributed by atoms with van der Waals surface area (Å²) in [7, 11) is 1.80. The Hall–Kier alpha value is -2.28. The van der Waals surface area contributed by atoms with Crippen molar-refractivity contribution in [1.29, 1.82) is 0 Å². The first-order chi connectivity index (χ1) is 15.0. The van der Waals surface area contributed by atoms with Gasteiger partial charge in [0.15, 0.2) is 16.4 Å². The van der Waals surface area contributed by atoms with Crippen molar-refractivity contribution in [2.75, 3.05) is 5.32 Å². The molecule has 0 aromatic carbocycles. The summed E-state index contributed by atoms with van der Waals surface area (Å²) < 4.78 is 50.1. The number of alkyl halides is 3. The number of nitrogens with zero attached hydrogens (tertiary/aromatic N) is 4. The second kappa shape index (κ2) is 8.25. The number of anilines is 1. The smallest absolute Gasteiger partial charge is 0.410 e. The number of hydrogen-bond acceptors (Lipinski definition) is 5. The Labute approximate surface area is 197 Å². The fraction of sp³-hybridized carbons (Fsp3) is 0.421. The Morgan fingerprint density at radius 1 is 1.31 bits per heavy atom. The lowest BCUT2D eigenvalue weighted by Gasteiger charge is -2.32. The number of nitrogens with one attached hydrogen (secondary N) is 2.